The van der Waals surface area contributed by atoms with Gasteiger partial charge in [0.2, 0.25) is 10.0 Å². The lowest BCUT2D eigenvalue weighted by Gasteiger charge is -2.10. The molecule has 3 rings (SSSR count). The molecular weight excluding hydrogens is 468 g/mol. The van der Waals surface area contributed by atoms with Crippen molar-refractivity contribution in [3.63, 3.8) is 0 Å². The van der Waals surface area contributed by atoms with Gasteiger partial charge >= 0.3 is 0 Å². The van der Waals surface area contributed by atoms with E-state index in [1.807, 2.05) is 37.3 Å². The average Bonchev–Trinajstić information content (AvgIpc) is 2.75. The number of halogens is 1. The normalized spacial score (nSPS) is 11.1. The van der Waals surface area contributed by atoms with Crippen LogP contribution in [-0.2, 0) is 16.6 Å². The van der Waals surface area contributed by atoms with Crippen LogP contribution < -0.4 is 14.8 Å². The quantitative estimate of drug-likeness (QED) is 0.485. The first-order valence-electron chi connectivity index (χ1n) is 9.26. The van der Waals surface area contributed by atoms with Crippen LogP contribution in [-0.4, -0.2) is 20.9 Å². The molecule has 0 saturated carbocycles. The fraction of sp³-hybridized carbons (Fsp3) is 0.136. The van der Waals surface area contributed by atoms with Gasteiger partial charge in [0.05, 0.1) is 16.0 Å². The highest BCUT2D eigenvalue weighted by atomic mass is 79.9. The van der Waals surface area contributed by atoms with Crippen molar-refractivity contribution >= 4 is 37.5 Å². The van der Waals surface area contributed by atoms with Crippen LogP contribution in [0, 0.1) is 0 Å². The molecule has 1 amide bonds. The zero-order chi connectivity index (χ0) is 21.6. The first-order valence-corrected chi connectivity index (χ1v) is 11.5. The van der Waals surface area contributed by atoms with Crippen LogP contribution in [0.2, 0.25) is 0 Å². The number of carbonyl (C=O) groups excluding carboxylic acids is 1. The van der Waals surface area contributed by atoms with Gasteiger partial charge in [0.15, 0.2) is 0 Å². The minimum atomic E-state index is -3.65. The van der Waals surface area contributed by atoms with Gasteiger partial charge in [-0.25, -0.2) is 13.1 Å². The number of benzene rings is 3. The smallest absolute Gasteiger partial charge is 0.255 e. The fourth-order valence-corrected chi connectivity index (χ4v) is 4.20. The van der Waals surface area contributed by atoms with Gasteiger partial charge in [-0.15, -0.1) is 0 Å². The molecule has 3 aromatic carbocycles. The van der Waals surface area contributed by atoms with Crippen LogP contribution in [0.5, 0.6) is 5.75 Å². The lowest BCUT2D eigenvalue weighted by Crippen LogP contribution is -2.23. The predicted molar refractivity (Wildman–Crippen MR) is 120 cm³/mol. The van der Waals surface area contributed by atoms with Crippen LogP contribution >= 0.6 is 15.9 Å². The largest absolute Gasteiger partial charge is 0.493 e. The van der Waals surface area contributed by atoms with E-state index < -0.39 is 10.0 Å². The number of carbonyl (C=O) groups is 1. The second-order valence-corrected chi connectivity index (χ2v) is 8.99. The van der Waals surface area contributed by atoms with E-state index in [2.05, 4.69) is 26.0 Å². The third-order valence-electron chi connectivity index (χ3n) is 4.23. The van der Waals surface area contributed by atoms with Gasteiger partial charge in [0.1, 0.15) is 5.75 Å². The Morgan fingerprint density at radius 2 is 1.70 bits per heavy atom. The summed E-state index contributed by atoms with van der Waals surface area (Å²) in [5.41, 5.74) is 1.81. The Morgan fingerprint density at radius 1 is 1.00 bits per heavy atom. The Hall–Kier alpha value is -2.68. The second kappa shape index (κ2) is 9.88. The summed E-state index contributed by atoms with van der Waals surface area (Å²) in [4.78, 5) is 12.6. The minimum Gasteiger partial charge on any atom is -0.493 e. The Kier molecular flexibility index (Phi) is 7.25. The molecule has 3 aromatic rings. The fourth-order valence-electron chi connectivity index (χ4n) is 2.69. The topological polar surface area (TPSA) is 84.5 Å². The van der Waals surface area contributed by atoms with Crippen LogP contribution in [0.15, 0.2) is 82.2 Å². The van der Waals surface area contributed by atoms with Gasteiger partial charge in [-0.05, 0) is 70.9 Å². The lowest BCUT2D eigenvalue weighted by molar-refractivity contribution is 0.102. The number of hydrogen-bond acceptors (Lipinski definition) is 4. The van der Waals surface area contributed by atoms with Crippen molar-refractivity contribution in [2.75, 3.05) is 11.9 Å². The molecule has 2 N–H and O–H groups in total. The van der Waals surface area contributed by atoms with E-state index in [0.717, 1.165) is 5.56 Å². The molecule has 8 heteroatoms. The van der Waals surface area contributed by atoms with Crippen molar-refractivity contribution in [1.82, 2.24) is 4.72 Å². The average molecular weight is 489 g/mol. The standard InChI is InChI=1S/C22H21BrN2O4S/c1-2-29-21-13-8-17(14-20(21)23)22(26)25-18-9-11-19(12-10-18)30(27,28)24-15-16-6-4-3-5-7-16/h3-14,24H,2,15H2,1H3,(H,25,26). The number of ether oxygens (including phenoxy) is 1. The molecule has 0 aliphatic carbocycles. The molecule has 0 bridgehead atoms. The molecule has 0 spiro atoms. The van der Waals surface area contributed by atoms with Gasteiger partial charge in [0.25, 0.3) is 5.91 Å². The first kappa shape index (κ1) is 22.0. The van der Waals surface area contributed by atoms with E-state index in [9.17, 15) is 13.2 Å². The van der Waals surface area contributed by atoms with Gasteiger partial charge in [0, 0.05) is 17.8 Å². The molecule has 156 valence electrons. The molecular formula is C22H21BrN2O4S. The molecule has 0 radical (unpaired) electrons. The van der Waals surface area contributed by atoms with Gasteiger partial charge < -0.3 is 10.1 Å². The molecule has 0 fully saturated rings. The van der Waals surface area contributed by atoms with Crippen molar-refractivity contribution in [2.45, 2.75) is 18.4 Å². The number of sulfonamides is 1. The predicted octanol–water partition coefficient (Wildman–Crippen LogP) is 4.58. The summed E-state index contributed by atoms with van der Waals surface area (Å²) in [6.07, 6.45) is 0. The summed E-state index contributed by atoms with van der Waals surface area (Å²) in [5, 5.41) is 2.76. The summed E-state index contributed by atoms with van der Waals surface area (Å²) in [6.45, 7) is 2.61. The summed E-state index contributed by atoms with van der Waals surface area (Å²) in [5.74, 6) is 0.350. The molecule has 0 unspecified atom stereocenters. The molecule has 0 aliphatic rings. The van der Waals surface area contributed by atoms with Crippen molar-refractivity contribution < 1.29 is 17.9 Å². The maximum atomic E-state index is 12.5. The van der Waals surface area contributed by atoms with E-state index in [1.165, 1.54) is 12.1 Å². The number of amides is 1. The van der Waals surface area contributed by atoms with Crippen molar-refractivity contribution in [3.05, 3.63) is 88.4 Å². The van der Waals surface area contributed by atoms with Gasteiger partial charge in [-0.1, -0.05) is 30.3 Å². The Morgan fingerprint density at radius 3 is 2.33 bits per heavy atom. The lowest BCUT2D eigenvalue weighted by atomic mass is 10.2. The van der Waals surface area contributed by atoms with E-state index in [0.29, 0.717) is 28.1 Å². The number of hydrogen-bond donors (Lipinski definition) is 2. The number of anilines is 1. The zero-order valence-corrected chi connectivity index (χ0v) is 18.7. The molecule has 0 aromatic heterocycles. The van der Waals surface area contributed by atoms with Crippen molar-refractivity contribution in [2.24, 2.45) is 0 Å². The molecule has 0 heterocycles. The van der Waals surface area contributed by atoms with Gasteiger partial charge in [-0.3, -0.25) is 4.79 Å². The molecule has 0 saturated heterocycles. The van der Waals surface area contributed by atoms with Gasteiger partial charge in [-0.2, -0.15) is 0 Å². The maximum Gasteiger partial charge on any atom is 0.255 e. The second-order valence-electron chi connectivity index (χ2n) is 6.37. The number of nitrogens with one attached hydrogen (secondary N) is 2. The summed E-state index contributed by atoms with van der Waals surface area (Å²) in [7, 11) is -3.65. The third kappa shape index (κ3) is 5.69. The Bertz CT molecular complexity index is 1120. The minimum absolute atomic E-state index is 0.125. The van der Waals surface area contributed by atoms with Crippen LogP contribution in [0.3, 0.4) is 0 Å². The highest BCUT2D eigenvalue weighted by Crippen LogP contribution is 2.26. The van der Waals surface area contributed by atoms with Crippen LogP contribution in [0.1, 0.15) is 22.8 Å². The molecule has 30 heavy (non-hydrogen) atoms. The zero-order valence-electron chi connectivity index (χ0n) is 16.3. The molecule has 0 atom stereocenters. The van der Waals surface area contributed by atoms with E-state index in [1.54, 1.807) is 30.3 Å². The summed E-state index contributed by atoms with van der Waals surface area (Å²) in [6, 6.07) is 20.3. The summed E-state index contributed by atoms with van der Waals surface area (Å²) < 4.78 is 33.6. The summed E-state index contributed by atoms with van der Waals surface area (Å²) >= 11 is 3.39. The Labute approximate surface area is 184 Å². The number of rotatable bonds is 8. The van der Waals surface area contributed by atoms with Crippen LogP contribution in [0.25, 0.3) is 0 Å². The first-order chi connectivity index (χ1) is 14.4. The van der Waals surface area contributed by atoms with E-state index >= 15 is 0 Å². The Balaban J connectivity index is 1.65. The molecule has 6 nitrogen and oxygen atoms in total. The van der Waals surface area contributed by atoms with Crippen molar-refractivity contribution in [1.29, 1.82) is 0 Å². The van der Waals surface area contributed by atoms with Crippen molar-refractivity contribution in [3.8, 4) is 5.75 Å². The highest BCUT2D eigenvalue weighted by molar-refractivity contribution is 9.10. The molecule has 0 aliphatic heterocycles. The van der Waals surface area contributed by atoms with E-state index in [-0.39, 0.29) is 17.3 Å². The maximum absolute atomic E-state index is 12.5. The third-order valence-corrected chi connectivity index (χ3v) is 6.26. The van der Waals surface area contributed by atoms with E-state index in [4.69, 9.17) is 4.74 Å². The van der Waals surface area contributed by atoms with Crippen LogP contribution in [0.4, 0.5) is 5.69 Å². The monoisotopic (exact) mass is 488 g/mol. The highest BCUT2D eigenvalue weighted by Gasteiger charge is 2.14. The SMILES string of the molecule is CCOc1ccc(C(=O)Nc2ccc(S(=O)(=O)NCc3ccccc3)cc2)cc1Br.